The third-order valence-corrected chi connectivity index (χ3v) is 7.43. The number of alkyl halides is 2. The van der Waals surface area contributed by atoms with E-state index in [1.165, 1.54) is 13.0 Å². The van der Waals surface area contributed by atoms with Gasteiger partial charge in [0.05, 0.1) is 10.3 Å². The average Bonchev–Trinajstić information content (AvgIpc) is 2.92. The first kappa shape index (κ1) is 18.7. The van der Waals surface area contributed by atoms with E-state index in [-0.39, 0.29) is 19.5 Å². The van der Waals surface area contributed by atoms with Crippen LogP contribution in [0.4, 0.5) is 8.78 Å². The number of carbonyl (C=O) groups is 1. The predicted molar refractivity (Wildman–Crippen MR) is 78.8 cm³/mol. The summed E-state index contributed by atoms with van der Waals surface area (Å²) in [5, 5.41) is 9.17. The van der Waals surface area contributed by atoms with Crippen molar-refractivity contribution in [2.75, 3.05) is 13.1 Å². The van der Waals surface area contributed by atoms with Crippen LogP contribution in [0.3, 0.4) is 0 Å². The summed E-state index contributed by atoms with van der Waals surface area (Å²) in [4.78, 5) is 9.46. The molecule has 0 amide bonds. The molecule has 1 atom stereocenters. The summed E-state index contributed by atoms with van der Waals surface area (Å²) < 4.78 is 75.2. The summed E-state index contributed by atoms with van der Waals surface area (Å²) >= 11 is 0. The maximum absolute atomic E-state index is 12.8. The zero-order valence-corrected chi connectivity index (χ0v) is 14.1. The molecule has 1 N–H and O–H groups in total. The van der Waals surface area contributed by atoms with Crippen molar-refractivity contribution in [1.29, 1.82) is 0 Å². The lowest BCUT2D eigenvalue weighted by atomic mass is 9.90. The van der Waals surface area contributed by atoms with Gasteiger partial charge < -0.3 is 5.11 Å². The molecule has 0 saturated carbocycles. The van der Waals surface area contributed by atoms with E-state index in [0.29, 0.717) is 0 Å². The zero-order valence-electron chi connectivity index (χ0n) is 12.5. The van der Waals surface area contributed by atoms with Gasteiger partial charge >= 0.3 is 11.7 Å². The van der Waals surface area contributed by atoms with Gasteiger partial charge in [0.15, 0.2) is 0 Å². The van der Waals surface area contributed by atoms with Crippen LogP contribution < -0.4 is 0 Å². The normalized spacial score (nSPS) is 22.8. The number of carboxylic acid groups (broad SMARTS) is 1. The number of sulfone groups is 1. The molecule has 1 aromatic rings. The van der Waals surface area contributed by atoms with Gasteiger partial charge in [-0.15, -0.1) is 0 Å². The highest BCUT2D eigenvalue weighted by molar-refractivity contribution is 7.93. The molecule has 24 heavy (non-hydrogen) atoms. The predicted octanol–water partition coefficient (Wildman–Crippen LogP) is 1.17. The Kier molecular flexibility index (Phi) is 4.72. The first-order chi connectivity index (χ1) is 10.9. The Morgan fingerprint density at radius 2 is 1.75 bits per heavy atom. The van der Waals surface area contributed by atoms with Crippen LogP contribution in [0.25, 0.3) is 0 Å². The molecule has 1 unspecified atom stereocenters. The van der Waals surface area contributed by atoms with Crippen molar-refractivity contribution in [3.8, 4) is 0 Å². The summed E-state index contributed by atoms with van der Waals surface area (Å²) in [6, 6.07) is 4.06. The molecule has 7 nitrogen and oxygen atoms in total. The Labute approximate surface area is 137 Å². The van der Waals surface area contributed by atoms with Crippen molar-refractivity contribution in [2.24, 2.45) is 5.41 Å². The molecular formula is C13H15F2NO6S2. The van der Waals surface area contributed by atoms with E-state index in [9.17, 15) is 30.4 Å². The van der Waals surface area contributed by atoms with Crippen LogP contribution in [-0.2, 0) is 24.7 Å². The number of hydrogen-bond donors (Lipinski definition) is 1. The summed E-state index contributed by atoms with van der Waals surface area (Å²) in [5.74, 6) is -4.95. The quantitative estimate of drug-likeness (QED) is 0.818. The van der Waals surface area contributed by atoms with E-state index >= 15 is 0 Å². The largest absolute Gasteiger partial charge is 0.481 e. The molecule has 11 heteroatoms. The first-order valence-corrected chi connectivity index (χ1v) is 9.76. The van der Waals surface area contributed by atoms with E-state index in [4.69, 9.17) is 5.11 Å². The topological polar surface area (TPSA) is 109 Å². The Morgan fingerprint density at radius 3 is 2.21 bits per heavy atom. The second kappa shape index (κ2) is 6.05. The highest BCUT2D eigenvalue weighted by Crippen LogP contribution is 2.35. The maximum atomic E-state index is 12.8. The van der Waals surface area contributed by atoms with Crippen LogP contribution >= 0.6 is 0 Å². The second-order valence-corrected chi connectivity index (χ2v) is 9.50. The van der Waals surface area contributed by atoms with Gasteiger partial charge in [0, 0.05) is 13.1 Å². The van der Waals surface area contributed by atoms with Crippen molar-refractivity contribution in [3.05, 3.63) is 24.3 Å². The highest BCUT2D eigenvalue weighted by atomic mass is 32.2. The SMILES string of the molecule is CC1(C(=O)O)CCN(S(=O)(=O)c2ccccc2S(=O)(=O)C(F)F)C1. The molecular weight excluding hydrogens is 368 g/mol. The van der Waals surface area contributed by atoms with Crippen LogP contribution in [0.5, 0.6) is 0 Å². The van der Waals surface area contributed by atoms with E-state index in [0.717, 1.165) is 22.5 Å². The first-order valence-electron chi connectivity index (χ1n) is 6.77. The number of rotatable bonds is 5. The maximum Gasteiger partial charge on any atom is 0.341 e. The van der Waals surface area contributed by atoms with Gasteiger partial charge in [-0.3, -0.25) is 4.79 Å². The van der Waals surface area contributed by atoms with Crippen LogP contribution in [0, 0.1) is 5.41 Å². The number of benzene rings is 1. The fraction of sp³-hybridized carbons (Fsp3) is 0.462. The molecule has 2 rings (SSSR count). The zero-order chi connectivity index (χ0) is 18.3. The highest BCUT2D eigenvalue weighted by Gasteiger charge is 2.46. The molecule has 0 radical (unpaired) electrons. The van der Waals surface area contributed by atoms with E-state index in [2.05, 4.69) is 0 Å². The van der Waals surface area contributed by atoms with Crippen LogP contribution in [0.1, 0.15) is 13.3 Å². The van der Waals surface area contributed by atoms with Crippen molar-refractivity contribution in [1.82, 2.24) is 4.31 Å². The number of halogens is 2. The third kappa shape index (κ3) is 3.03. The molecule has 1 aliphatic heterocycles. The van der Waals surface area contributed by atoms with Gasteiger partial charge in [-0.25, -0.2) is 16.8 Å². The Morgan fingerprint density at radius 1 is 1.21 bits per heavy atom. The van der Waals surface area contributed by atoms with E-state index in [1.807, 2.05) is 0 Å². The molecule has 0 aliphatic carbocycles. The molecule has 0 aromatic heterocycles. The fourth-order valence-electron chi connectivity index (χ4n) is 2.43. The molecule has 0 spiro atoms. The standard InChI is InChI=1S/C13H15F2NO6S2/c1-13(11(17)18)6-7-16(8-13)24(21,22)10-5-3-2-4-9(10)23(19,20)12(14)15/h2-5,12H,6-8H2,1H3,(H,17,18). The fourth-order valence-corrected chi connectivity index (χ4v) is 5.54. The van der Waals surface area contributed by atoms with Crippen molar-refractivity contribution in [3.63, 3.8) is 0 Å². The number of nitrogens with zero attached hydrogens (tertiary/aromatic N) is 1. The molecule has 1 aliphatic rings. The molecule has 1 aromatic carbocycles. The van der Waals surface area contributed by atoms with Crippen LogP contribution in [0.2, 0.25) is 0 Å². The molecule has 134 valence electrons. The van der Waals surface area contributed by atoms with Crippen molar-refractivity contribution >= 4 is 25.8 Å². The summed E-state index contributed by atoms with van der Waals surface area (Å²) in [6.07, 6.45) is 0.0331. The Balaban J connectivity index is 2.52. The smallest absolute Gasteiger partial charge is 0.341 e. The molecule has 1 fully saturated rings. The third-order valence-electron chi connectivity index (χ3n) is 3.96. The summed E-state index contributed by atoms with van der Waals surface area (Å²) in [7, 11) is -9.55. The minimum Gasteiger partial charge on any atom is -0.481 e. The minimum absolute atomic E-state index is 0.0331. The number of aliphatic carboxylic acids is 1. The van der Waals surface area contributed by atoms with Gasteiger partial charge in [0.1, 0.15) is 4.90 Å². The van der Waals surface area contributed by atoms with Gasteiger partial charge in [0.25, 0.3) is 0 Å². The van der Waals surface area contributed by atoms with Gasteiger partial charge in [-0.05, 0) is 25.5 Å². The van der Waals surface area contributed by atoms with Gasteiger partial charge in [-0.2, -0.15) is 13.1 Å². The Hall–Kier alpha value is -1.59. The molecule has 1 heterocycles. The van der Waals surface area contributed by atoms with Crippen molar-refractivity contribution < 1.29 is 35.5 Å². The van der Waals surface area contributed by atoms with E-state index < -0.39 is 46.8 Å². The average molecular weight is 383 g/mol. The number of carboxylic acids is 1. The lowest BCUT2D eigenvalue weighted by Gasteiger charge is -2.21. The van der Waals surface area contributed by atoms with Crippen molar-refractivity contribution in [2.45, 2.75) is 28.9 Å². The lowest BCUT2D eigenvalue weighted by molar-refractivity contribution is -0.146. The summed E-state index contributed by atoms with van der Waals surface area (Å²) in [5.41, 5.74) is -1.32. The molecule has 0 bridgehead atoms. The Bertz CT molecular complexity index is 868. The van der Waals surface area contributed by atoms with Crippen LogP contribution in [0.15, 0.2) is 34.1 Å². The number of sulfonamides is 1. The monoisotopic (exact) mass is 383 g/mol. The van der Waals surface area contributed by atoms with Gasteiger partial charge in [-0.1, -0.05) is 12.1 Å². The minimum atomic E-state index is -5.12. The van der Waals surface area contributed by atoms with Gasteiger partial charge in [0.2, 0.25) is 19.9 Å². The number of hydrogen-bond acceptors (Lipinski definition) is 5. The second-order valence-electron chi connectivity index (χ2n) is 5.71. The molecule has 1 saturated heterocycles. The summed E-state index contributed by atoms with van der Waals surface area (Å²) in [6.45, 7) is 0.856. The van der Waals surface area contributed by atoms with Crippen LogP contribution in [-0.4, -0.2) is 51.1 Å². The lowest BCUT2D eigenvalue weighted by Crippen LogP contribution is -2.35. The van der Waals surface area contributed by atoms with E-state index in [1.54, 1.807) is 0 Å².